The maximum atomic E-state index is 13.2. The summed E-state index contributed by atoms with van der Waals surface area (Å²) in [7, 11) is 1.78. The lowest BCUT2D eigenvalue weighted by atomic mass is 10.1. The monoisotopic (exact) mass is 416 g/mol. The molecule has 1 amide bonds. The molecule has 0 radical (unpaired) electrons. The van der Waals surface area contributed by atoms with Gasteiger partial charge < -0.3 is 18.9 Å². The molecule has 2 aromatic heterocycles. The summed E-state index contributed by atoms with van der Waals surface area (Å²) in [4.78, 5) is 14.9. The van der Waals surface area contributed by atoms with Crippen molar-refractivity contribution in [2.45, 2.75) is 13.8 Å². The number of aryl methyl sites for hydroxylation is 3. The Balaban J connectivity index is 1.76. The third kappa shape index (κ3) is 3.73. The summed E-state index contributed by atoms with van der Waals surface area (Å²) < 4.78 is 18.5. The van der Waals surface area contributed by atoms with Crippen molar-refractivity contribution in [1.82, 2.24) is 19.8 Å². The average molecular weight is 417 g/mol. The molecule has 0 unspecified atom stereocenters. The van der Waals surface area contributed by atoms with Gasteiger partial charge in [-0.2, -0.15) is 5.10 Å². The highest BCUT2D eigenvalue weighted by Crippen LogP contribution is 2.38. The van der Waals surface area contributed by atoms with E-state index < -0.39 is 0 Å². The quantitative estimate of drug-likeness (QED) is 0.646. The molecule has 0 N–H and O–H groups in total. The van der Waals surface area contributed by atoms with Gasteiger partial charge in [0.2, 0.25) is 5.88 Å². The molecule has 1 fully saturated rings. The van der Waals surface area contributed by atoms with Gasteiger partial charge in [-0.25, -0.2) is 4.68 Å². The van der Waals surface area contributed by atoms with Crippen LogP contribution in [0.4, 0.5) is 0 Å². The van der Waals surface area contributed by atoms with Crippen LogP contribution in [-0.2, 0) is 11.8 Å². The maximum Gasteiger partial charge on any atom is 0.259 e. The third-order valence-corrected chi connectivity index (χ3v) is 5.06. The maximum absolute atomic E-state index is 13.2. The van der Waals surface area contributed by atoms with Crippen molar-refractivity contribution in [1.29, 1.82) is 0 Å². The van der Waals surface area contributed by atoms with Gasteiger partial charge in [-0.05, 0) is 38.1 Å². The van der Waals surface area contributed by atoms with Crippen LogP contribution < -0.4 is 4.74 Å². The molecule has 3 heterocycles. The van der Waals surface area contributed by atoms with E-state index >= 15 is 0 Å². The van der Waals surface area contributed by atoms with E-state index in [9.17, 15) is 4.79 Å². The lowest BCUT2D eigenvalue weighted by molar-refractivity contribution is 0.0302. The molecule has 1 aromatic carbocycles. The largest absolute Gasteiger partial charge is 0.439 e. The Morgan fingerprint density at radius 3 is 2.55 bits per heavy atom. The standard InChI is InChI=1S/C20H21ClN4O4/c1-12-16(20(24(3)22-12)28-15-6-4-14(21)5-7-15)18-17(13(2)29-23-18)19(26)25-8-10-27-11-9-25/h4-7H,8-11H2,1-3H3. The number of carbonyl (C=O) groups excluding carboxylic acids is 1. The Bertz CT molecular complexity index is 1040. The number of nitrogens with zero attached hydrogens (tertiary/aromatic N) is 4. The first-order valence-electron chi connectivity index (χ1n) is 9.26. The number of hydrogen-bond donors (Lipinski definition) is 0. The van der Waals surface area contributed by atoms with Crippen molar-refractivity contribution < 1.29 is 18.8 Å². The smallest absolute Gasteiger partial charge is 0.259 e. The lowest BCUT2D eigenvalue weighted by Crippen LogP contribution is -2.41. The average Bonchev–Trinajstić information content (AvgIpc) is 3.22. The molecule has 29 heavy (non-hydrogen) atoms. The Labute approximate surface area is 172 Å². The Kier molecular flexibility index (Phi) is 5.29. The second-order valence-electron chi connectivity index (χ2n) is 6.81. The first-order chi connectivity index (χ1) is 14.0. The molecule has 1 aliphatic rings. The molecule has 1 aliphatic heterocycles. The summed E-state index contributed by atoms with van der Waals surface area (Å²) in [6.07, 6.45) is 0. The van der Waals surface area contributed by atoms with E-state index in [0.717, 1.165) is 0 Å². The topological polar surface area (TPSA) is 82.6 Å². The van der Waals surface area contributed by atoms with Crippen molar-refractivity contribution >= 4 is 17.5 Å². The second kappa shape index (κ2) is 7.88. The number of benzene rings is 1. The molecule has 4 rings (SSSR count). The normalized spacial score (nSPS) is 14.3. The number of carbonyl (C=O) groups is 1. The molecule has 0 aliphatic carbocycles. The van der Waals surface area contributed by atoms with Gasteiger partial charge >= 0.3 is 0 Å². The molecule has 8 nitrogen and oxygen atoms in total. The summed E-state index contributed by atoms with van der Waals surface area (Å²) in [5.74, 6) is 1.38. The Morgan fingerprint density at radius 2 is 1.86 bits per heavy atom. The zero-order valence-corrected chi connectivity index (χ0v) is 17.2. The fourth-order valence-corrected chi connectivity index (χ4v) is 3.49. The lowest BCUT2D eigenvalue weighted by Gasteiger charge is -2.26. The highest BCUT2D eigenvalue weighted by Gasteiger charge is 2.31. The van der Waals surface area contributed by atoms with Crippen LogP contribution in [-0.4, -0.2) is 52.0 Å². The van der Waals surface area contributed by atoms with Crippen LogP contribution in [0.3, 0.4) is 0 Å². The molecular formula is C20H21ClN4O4. The highest BCUT2D eigenvalue weighted by molar-refractivity contribution is 6.30. The van der Waals surface area contributed by atoms with Crippen molar-refractivity contribution in [3.8, 4) is 22.9 Å². The predicted molar refractivity (Wildman–Crippen MR) is 106 cm³/mol. The van der Waals surface area contributed by atoms with Crippen LogP contribution in [0.2, 0.25) is 5.02 Å². The van der Waals surface area contributed by atoms with E-state index in [1.807, 2.05) is 6.92 Å². The molecule has 152 valence electrons. The van der Waals surface area contributed by atoms with E-state index in [0.29, 0.717) is 71.2 Å². The van der Waals surface area contributed by atoms with Crippen LogP contribution in [0.1, 0.15) is 21.8 Å². The Morgan fingerprint density at radius 1 is 1.17 bits per heavy atom. The fraction of sp³-hybridized carbons (Fsp3) is 0.350. The van der Waals surface area contributed by atoms with E-state index in [-0.39, 0.29) is 5.91 Å². The molecular weight excluding hydrogens is 396 g/mol. The van der Waals surface area contributed by atoms with E-state index in [4.69, 9.17) is 25.6 Å². The van der Waals surface area contributed by atoms with Crippen molar-refractivity contribution in [2.24, 2.45) is 7.05 Å². The number of rotatable bonds is 4. The minimum atomic E-state index is -0.136. The zero-order valence-electron chi connectivity index (χ0n) is 16.4. The minimum Gasteiger partial charge on any atom is -0.439 e. The van der Waals surface area contributed by atoms with Crippen LogP contribution in [0, 0.1) is 13.8 Å². The number of morpholine rings is 1. The van der Waals surface area contributed by atoms with Gasteiger partial charge in [0.25, 0.3) is 5.91 Å². The molecule has 0 spiro atoms. The van der Waals surface area contributed by atoms with Crippen LogP contribution in [0.5, 0.6) is 11.6 Å². The van der Waals surface area contributed by atoms with Crippen molar-refractivity contribution in [3.63, 3.8) is 0 Å². The van der Waals surface area contributed by atoms with Crippen LogP contribution in [0.15, 0.2) is 28.8 Å². The van der Waals surface area contributed by atoms with E-state index in [1.54, 1.807) is 47.8 Å². The molecule has 0 atom stereocenters. The highest BCUT2D eigenvalue weighted by atomic mass is 35.5. The first-order valence-corrected chi connectivity index (χ1v) is 9.64. The Hall–Kier alpha value is -2.84. The minimum absolute atomic E-state index is 0.136. The van der Waals surface area contributed by atoms with Gasteiger partial charge in [0, 0.05) is 25.2 Å². The van der Waals surface area contributed by atoms with Crippen molar-refractivity contribution in [2.75, 3.05) is 26.3 Å². The first kappa shape index (κ1) is 19.5. The van der Waals surface area contributed by atoms with E-state index in [2.05, 4.69) is 10.3 Å². The second-order valence-corrected chi connectivity index (χ2v) is 7.25. The SMILES string of the molecule is Cc1nn(C)c(Oc2ccc(Cl)cc2)c1-c1noc(C)c1C(=O)N1CCOCC1. The zero-order chi connectivity index (χ0) is 20.5. The summed E-state index contributed by atoms with van der Waals surface area (Å²) in [6, 6.07) is 7.02. The van der Waals surface area contributed by atoms with Gasteiger partial charge in [-0.15, -0.1) is 0 Å². The van der Waals surface area contributed by atoms with Crippen LogP contribution in [0.25, 0.3) is 11.3 Å². The van der Waals surface area contributed by atoms with Gasteiger partial charge in [0.05, 0.1) is 24.5 Å². The van der Waals surface area contributed by atoms with Gasteiger partial charge in [-0.3, -0.25) is 4.79 Å². The van der Waals surface area contributed by atoms with Crippen LogP contribution >= 0.6 is 11.6 Å². The molecule has 9 heteroatoms. The molecule has 0 bridgehead atoms. The number of halogens is 1. The number of hydrogen-bond acceptors (Lipinski definition) is 6. The number of aromatic nitrogens is 3. The summed E-state index contributed by atoms with van der Waals surface area (Å²) >= 11 is 5.96. The van der Waals surface area contributed by atoms with Gasteiger partial charge in [0.15, 0.2) is 0 Å². The van der Waals surface area contributed by atoms with Gasteiger partial charge in [0.1, 0.15) is 22.8 Å². The molecule has 0 saturated carbocycles. The molecule has 1 saturated heterocycles. The summed E-state index contributed by atoms with van der Waals surface area (Å²) in [5, 5.41) is 9.26. The third-order valence-electron chi connectivity index (χ3n) is 4.81. The van der Waals surface area contributed by atoms with Gasteiger partial charge in [-0.1, -0.05) is 16.8 Å². The fourth-order valence-electron chi connectivity index (χ4n) is 3.36. The summed E-state index contributed by atoms with van der Waals surface area (Å²) in [6.45, 7) is 5.67. The van der Waals surface area contributed by atoms with E-state index in [1.165, 1.54) is 0 Å². The number of ether oxygens (including phenoxy) is 2. The molecule has 3 aromatic rings. The number of amides is 1. The summed E-state index contributed by atoms with van der Waals surface area (Å²) in [5.41, 5.74) is 2.15. The van der Waals surface area contributed by atoms with Crippen molar-refractivity contribution in [3.05, 3.63) is 46.3 Å². The predicted octanol–water partition coefficient (Wildman–Crippen LogP) is 3.61.